The molecule has 0 aliphatic carbocycles. The highest BCUT2D eigenvalue weighted by Gasteiger charge is 2.20. The molecule has 0 atom stereocenters. The standard InChI is InChI=1S/C13H20OSi/c1-14-13(15(2,3)4)11-10-12-8-6-5-7-9-12/h5-9,11H,10H2,1-4H3/b13-11+. The van der Waals surface area contributed by atoms with E-state index >= 15 is 0 Å². The Morgan fingerprint density at radius 2 is 1.80 bits per heavy atom. The summed E-state index contributed by atoms with van der Waals surface area (Å²) in [6, 6.07) is 10.5. The zero-order valence-electron chi connectivity index (χ0n) is 10.1. The van der Waals surface area contributed by atoms with Crippen LogP contribution in [-0.4, -0.2) is 15.2 Å². The molecular weight excluding hydrogens is 200 g/mol. The van der Waals surface area contributed by atoms with Gasteiger partial charge in [0.1, 0.15) is 8.07 Å². The molecule has 15 heavy (non-hydrogen) atoms. The summed E-state index contributed by atoms with van der Waals surface area (Å²) in [5, 5.41) is 1.19. The lowest BCUT2D eigenvalue weighted by Crippen LogP contribution is -2.25. The molecule has 1 aromatic rings. The topological polar surface area (TPSA) is 9.23 Å². The molecule has 0 bridgehead atoms. The Balaban J connectivity index is 2.72. The second-order valence-electron chi connectivity index (χ2n) is 4.71. The quantitative estimate of drug-likeness (QED) is 0.556. The molecule has 0 N–H and O–H groups in total. The lowest BCUT2D eigenvalue weighted by atomic mass is 10.1. The van der Waals surface area contributed by atoms with Gasteiger partial charge in [0, 0.05) is 0 Å². The second kappa shape index (κ2) is 5.17. The third-order valence-corrected chi connectivity index (χ3v) is 4.21. The van der Waals surface area contributed by atoms with Gasteiger partial charge in [0.2, 0.25) is 0 Å². The molecule has 0 heterocycles. The summed E-state index contributed by atoms with van der Waals surface area (Å²) in [7, 11) is 0.471. The van der Waals surface area contributed by atoms with Gasteiger partial charge in [-0.3, -0.25) is 0 Å². The molecule has 1 nitrogen and oxygen atoms in total. The summed E-state index contributed by atoms with van der Waals surface area (Å²) >= 11 is 0. The van der Waals surface area contributed by atoms with Crippen molar-refractivity contribution in [3.63, 3.8) is 0 Å². The predicted octanol–water partition coefficient (Wildman–Crippen LogP) is 3.64. The molecule has 82 valence electrons. The number of methoxy groups -OCH3 is 1. The van der Waals surface area contributed by atoms with E-state index in [0.717, 1.165) is 6.42 Å². The molecule has 0 spiro atoms. The molecule has 1 aromatic carbocycles. The Kier molecular flexibility index (Phi) is 4.15. The molecule has 0 aromatic heterocycles. The number of allylic oxidation sites excluding steroid dienone is 1. The molecule has 1 rings (SSSR count). The van der Waals surface area contributed by atoms with Crippen LogP contribution in [0.15, 0.2) is 41.8 Å². The van der Waals surface area contributed by atoms with Crippen molar-refractivity contribution in [1.82, 2.24) is 0 Å². The van der Waals surface area contributed by atoms with Crippen molar-refractivity contribution >= 4 is 8.07 Å². The minimum absolute atomic E-state index is 0.967. The molecule has 0 aliphatic rings. The van der Waals surface area contributed by atoms with E-state index in [9.17, 15) is 0 Å². The normalized spacial score (nSPS) is 12.7. The van der Waals surface area contributed by atoms with E-state index < -0.39 is 8.07 Å². The lowest BCUT2D eigenvalue weighted by Gasteiger charge is -2.19. The largest absolute Gasteiger partial charge is 0.507 e. The number of benzene rings is 1. The zero-order valence-corrected chi connectivity index (χ0v) is 11.1. The van der Waals surface area contributed by atoms with Crippen LogP contribution in [0.25, 0.3) is 0 Å². The van der Waals surface area contributed by atoms with Gasteiger partial charge < -0.3 is 4.74 Å². The summed E-state index contributed by atoms with van der Waals surface area (Å²) < 4.78 is 5.46. The van der Waals surface area contributed by atoms with Crippen LogP contribution in [-0.2, 0) is 11.2 Å². The maximum absolute atomic E-state index is 5.46. The zero-order chi connectivity index (χ0) is 11.3. The van der Waals surface area contributed by atoms with E-state index in [1.807, 2.05) is 6.07 Å². The molecule has 0 amide bonds. The average Bonchev–Trinajstić information content (AvgIpc) is 2.18. The molecule has 0 aliphatic heterocycles. The number of hydrogen-bond donors (Lipinski definition) is 0. The van der Waals surface area contributed by atoms with Gasteiger partial charge in [-0.1, -0.05) is 50.0 Å². The van der Waals surface area contributed by atoms with Gasteiger partial charge in [-0.05, 0) is 18.1 Å². The molecule has 0 unspecified atom stereocenters. The Bertz CT molecular complexity index is 322. The van der Waals surface area contributed by atoms with Crippen molar-refractivity contribution in [3.05, 3.63) is 47.4 Å². The highest BCUT2D eigenvalue weighted by Crippen LogP contribution is 2.16. The molecular formula is C13H20OSi. The van der Waals surface area contributed by atoms with E-state index in [-0.39, 0.29) is 0 Å². The smallest absolute Gasteiger partial charge is 0.122 e. The monoisotopic (exact) mass is 220 g/mol. The van der Waals surface area contributed by atoms with Crippen LogP contribution in [0.1, 0.15) is 5.56 Å². The van der Waals surface area contributed by atoms with Crippen LogP contribution >= 0.6 is 0 Å². The minimum atomic E-state index is -1.30. The summed E-state index contributed by atoms with van der Waals surface area (Å²) in [5.41, 5.74) is 1.34. The van der Waals surface area contributed by atoms with Crippen molar-refractivity contribution < 1.29 is 4.74 Å². The minimum Gasteiger partial charge on any atom is -0.507 e. The van der Waals surface area contributed by atoms with E-state index in [0.29, 0.717) is 0 Å². The van der Waals surface area contributed by atoms with Gasteiger partial charge >= 0.3 is 0 Å². The molecule has 0 saturated carbocycles. The van der Waals surface area contributed by atoms with Gasteiger partial charge in [0.05, 0.1) is 12.5 Å². The van der Waals surface area contributed by atoms with E-state index in [1.165, 1.54) is 10.9 Å². The van der Waals surface area contributed by atoms with Crippen molar-refractivity contribution in [2.45, 2.75) is 26.1 Å². The number of hydrogen-bond acceptors (Lipinski definition) is 1. The Morgan fingerprint density at radius 3 is 2.27 bits per heavy atom. The van der Waals surface area contributed by atoms with Crippen molar-refractivity contribution in [1.29, 1.82) is 0 Å². The first-order valence-corrected chi connectivity index (χ1v) is 8.82. The Hall–Kier alpha value is -1.02. The van der Waals surface area contributed by atoms with Crippen LogP contribution in [0, 0.1) is 0 Å². The molecule has 0 fully saturated rings. The Labute approximate surface area is 93.8 Å². The van der Waals surface area contributed by atoms with Gasteiger partial charge in [0.15, 0.2) is 0 Å². The van der Waals surface area contributed by atoms with Gasteiger partial charge in [0.25, 0.3) is 0 Å². The van der Waals surface area contributed by atoms with Crippen LogP contribution in [0.2, 0.25) is 19.6 Å². The van der Waals surface area contributed by atoms with Crippen molar-refractivity contribution in [2.24, 2.45) is 0 Å². The second-order valence-corrected chi connectivity index (χ2v) is 9.71. The van der Waals surface area contributed by atoms with Gasteiger partial charge in [-0.2, -0.15) is 0 Å². The highest BCUT2D eigenvalue weighted by molar-refractivity contribution is 6.82. The van der Waals surface area contributed by atoms with E-state index in [2.05, 4.69) is 50.0 Å². The number of ether oxygens (including phenoxy) is 1. The fourth-order valence-electron chi connectivity index (χ4n) is 1.52. The highest BCUT2D eigenvalue weighted by atomic mass is 28.3. The fourth-order valence-corrected chi connectivity index (χ4v) is 2.85. The van der Waals surface area contributed by atoms with Crippen molar-refractivity contribution in [2.75, 3.05) is 7.11 Å². The van der Waals surface area contributed by atoms with Gasteiger partial charge in [-0.25, -0.2) is 0 Å². The Morgan fingerprint density at radius 1 is 1.20 bits per heavy atom. The van der Waals surface area contributed by atoms with Crippen LogP contribution in [0.4, 0.5) is 0 Å². The van der Waals surface area contributed by atoms with Crippen LogP contribution in [0.5, 0.6) is 0 Å². The average molecular weight is 220 g/mol. The molecule has 0 saturated heterocycles. The lowest BCUT2D eigenvalue weighted by molar-refractivity contribution is 0.314. The van der Waals surface area contributed by atoms with Gasteiger partial charge in [-0.15, -0.1) is 0 Å². The predicted molar refractivity (Wildman–Crippen MR) is 68.6 cm³/mol. The third kappa shape index (κ3) is 3.92. The van der Waals surface area contributed by atoms with E-state index in [4.69, 9.17) is 4.74 Å². The summed E-state index contributed by atoms with van der Waals surface area (Å²) in [4.78, 5) is 0. The summed E-state index contributed by atoms with van der Waals surface area (Å²) in [6.07, 6.45) is 3.19. The van der Waals surface area contributed by atoms with Crippen LogP contribution in [0.3, 0.4) is 0 Å². The summed E-state index contributed by atoms with van der Waals surface area (Å²) in [6.45, 7) is 6.90. The maximum atomic E-state index is 5.46. The first-order chi connectivity index (χ1) is 7.04. The van der Waals surface area contributed by atoms with E-state index in [1.54, 1.807) is 7.11 Å². The van der Waals surface area contributed by atoms with Crippen molar-refractivity contribution in [3.8, 4) is 0 Å². The molecule has 2 heteroatoms. The number of rotatable bonds is 4. The maximum Gasteiger partial charge on any atom is 0.122 e. The third-order valence-electron chi connectivity index (χ3n) is 2.33. The first-order valence-electron chi connectivity index (χ1n) is 5.32. The fraction of sp³-hybridized carbons (Fsp3) is 0.385. The molecule has 0 radical (unpaired) electrons. The first kappa shape index (κ1) is 12.0. The summed E-state index contributed by atoms with van der Waals surface area (Å²) in [5.74, 6) is 0. The SMILES string of the molecule is CO/C(=C\Cc1ccccc1)[Si](C)(C)C. The van der Waals surface area contributed by atoms with Crippen LogP contribution < -0.4 is 0 Å².